The van der Waals surface area contributed by atoms with Crippen molar-refractivity contribution in [3.8, 4) is 0 Å². The molecule has 1 fully saturated rings. The molecule has 3 rings (SSSR count). The number of carbonyl (C=O) groups excluding carboxylic acids is 1. The van der Waals surface area contributed by atoms with Crippen LogP contribution in [0.3, 0.4) is 0 Å². The molecule has 208 valence electrons. The van der Waals surface area contributed by atoms with Gasteiger partial charge < -0.3 is 29.5 Å². The van der Waals surface area contributed by atoms with E-state index in [1.807, 2.05) is 4.98 Å². The second-order valence-corrected chi connectivity index (χ2v) is 11.4. The number of phosphoric acid groups is 1. The van der Waals surface area contributed by atoms with Crippen LogP contribution < -0.4 is 16.6 Å². The second-order valence-electron chi connectivity index (χ2n) is 7.78. The van der Waals surface area contributed by atoms with E-state index in [2.05, 4.69) is 14.2 Å². The topological polar surface area (TPSA) is 253 Å². The summed E-state index contributed by atoms with van der Waals surface area (Å²) < 4.78 is 44.4. The highest BCUT2D eigenvalue weighted by Gasteiger charge is 2.49. The maximum Gasteiger partial charge on any atom is 0.479 e. The number of hydrogen-bond donors (Lipinski definition) is 6. The number of H-pyrrole nitrogens is 1. The van der Waals surface area contributed by atoms with E-state index in [1.54, 1.807) is 30.3 Å². The number of aliphatic hydroxyl groups is 1. The van der Waals surface area contributed by atoms with E-state index in [9.17, 15) is 43.2 Å². The van der Waals surface area contributed by atoms with Gasteiger partial charge in [0.25, 0.3) is 5.56 Å². The van der Waals surface area contributed by atoms with Crippen LogP contribution in [0.25, 0.3) is 0 Å². The Morgan fingerprint density at radius 2 is 1.82 bits per heavy atom. The van der Waals surface area contributed by atoms with Crippen LogP contribution in [0.5, 0.6) is 0 Å². The van der Waals surface area contributed by atoms with Crippen molar-refractivity contribution in [3.05, 3.63) is 63.4 Å². The van der Waals surface area contributed by atoms with Crippen LogP contribution in [0.1, 0.15) is 12.6 Å². The lowest BCUT2D eigenvalue weighted by molar-refractivity contribution is -0.136. The Balaban J connectivity index is 1.75. The molecule has 6 atom stereocenters. The van der Waals surface area contributed by atoms with E-state index in [4.69, 9.17) is 14.6 Å². The van der Waals surface area contributed by atoms with Crippen molar-refractivity contribution in [1.82, 2.24) is 9.55 Å². The van der Waals surface area contributed by atoms with E-state index < -0.39 is 82.5 Å². The molecule has 0 saturated carbocycles. The van der Waals surface area contributed by atoms with Gasteiger partial charge in [-0.2, -0.15) is 0 Å². The zero-order chi connectivity index (χ0) is 28.1. The number of aliphatic hydroxyl groups excluding tert-OH is 1. The van der Waals surface area contributed by atoms with Gasteiger partial charge in [-0.3, -0.25) is 33.5 Å². The van der Waals surface area contributed by atoms with Crippen molar-refractivity contribution in [2.45, 2.75) is 31.0 Å². The highest BCUT2D eigenvalue weighted by Crippen LogP contribution is 2.60. The molecule has 19 heteroatoms. The molecule has 0 aliphatic carbocycles. The zero-order valence-electron chi connectivity index (χ0n) is 19.2. The van der Waals surface area contributed by atoms with Crippen molar-refractivity contribution in [3.63, 3.8) is 0 Å². The van der Waals surface area contributed by atoms with Crippen LogP contribution in [-0.4, -0.2) is 72.7 Å². The molecule has 3 unspecified atom stereocenters. The molecule has 1 aliphatic heterocycles. The number of para-hydroxylation sites is 1. The van der Waals surface area contributed by atoms with E-state index in [1.165, 1.54) is 0 Å². The van der Waals surface area contributed by atoms with Gasteiger partial charge in [-0.15, -0.1) is 0 Å². The number of aromatic amines is 1. The second kappa shape index (κ2) is 12.1. The maximum atomic E-state index is 12.4. The minimum absolute atomic E-state index is 0.332. The fraction of sp³-hybridized carbons (Fsp3) is 0.368. The van der Waals surface area contributed by atoms with Crippen LogP contribution in [0, 0.1) is 0 Å². The summed E-state index contributed by atoms with van der Waals surface area (Å²) in [5, 5.41) is 21.7. The highest BCUT2D eigenvalue weighted by atomic mass is 31.3. The standard InChI is InChI=1S/C19H23N3O14P2/c23-13-6-8-22(18(27)21-13)17-16(35-19(28)20-11-4-2-1-3-5-11)15(26)12(34-17)10-33-38(31,32)36-37(29,30)9-7-14(24)25/h1-6,8,12,15-17,26H,7,9-10H2,(H,20,28)(H,24,25)(H,29,30)(H,31,32)(H,21,23,27)/t12-,15+,16?,17-/m1/s1. The minimum Gasteiger partial charge on any atom is -0.481 e. The van der Waals surface area contributed by atoms with Gasteiger partial charge in [0.15, 0.2) is 12.3 Å². The fourth-order valence-corrected chi connectivity index (χ4v) is 5.87. The van der Waals surface area contributed by atoms with Crippen molar-refractivity contribution < 1.29 is 57.0 Å². The van der Waals surface area contributed by atoms with Gasteiger partial charge in [0.2, 0.25) is 0 Å². The molecular weight excluding hydrogens is 556 g/mol. The van der Waals surface area contributed by atoms with E-state index in [-0.39, 0.29) is 0 Å². The number of phosphoric ester groups is 1. The number of carboxylic acids is 1. The van der Waals surface area contributed by atoms with Crippen molar-refractivity contribution in [1.29, 1.82) is 0 Å². The van der Waals surface area contributed by atoms with Crippen LogP contribution in [0.15, 0.2) is 52.2 Å². The summed E-state index contributed by atoms with van der Waals surface area (Å²) in [5.74, 6) is -1.45. The third kappa shape index (κ3) is 8.18. The van der Waals surface area contributed by atoms with Crippen LogP contribution in [0.4, 0.5) is 10.5 Å². The summed E-state index contributed by atoms with van der Waals surface area (Å²) in [7, 11) is -10.1. The van der Waals surface area contributed by atoms with Gasteiger partial charge in [0, 0.05) is 18.0 Å². The smallest absolute Gasteiger partial charge is 0.479 e. The number of carbonyl (C=O) groups is 2. The lowest BCUT2D eigenvalue weighted by Crippen LogP contribution is -2.41. The Morgan fingerprint density at radius 1 is 1.13 bits per heavy atom. The summed E-state index contributed by atoms with van der Waals surface area (Å²) in [6, 6.07) is 8.98. The van der Waals surface area contributed by atoms with Crippen molar-refractivity contribution in [2.24, 2.45) is 0 Å². The van der Waals surface area contributed by atoms with Crippen molar-refractivity contribution >= 4 is 33.2 Å². The Bertz CT molecular complexity index is 1360. The normalized spacial score (nSPS) is 24.2. The first-order chi connectivity index (χ1) is 17.8. The molecule has 1 aromatic heterocycles. The first-order valence-corrected chi connectivity index (χ1v) is 13.9. The monoisotopic (exact) mass is 579 g/mol. The fourth-order valence-electron chi connectivity index (χ4n) is 3.26. The lowest BCUT2D eigenvalue weighted by Gasteiger charge is -2.22. The third-order valence-corrected chi connectivity index (χ3v) is 8.05. The largest absolute Gasteiger partial charge is 0.481 e. The number of nitrogens with one attached hydrogen (secondary N) is 2. The van der Waals surface area contributed by atoms with Gasteiger partial charge in [0.05, 0.1) is 19.2 Å². The first kappa shape index (κ1) is 29.4. The Kier molecular flexibility index (Phi) is 9.40. The number of ether oxygens (including phenoxy) is 2. The summed E-state index contributed by atoms with van der Waals surface area (Å²) in [6.45, 7) is -0.970. The number of rotatable bonds is 11. The maximum absolute atomic E-state index is 12.4. The molecule has 0 radical (unpaired) electrons. The average Bonchev–Trinajstić information content (AvgIpc) is 3.11. The number of nitrogens with zero attached hydrogens (tertiary/aromatic N) is 1. The molecule has 2 heterocycles. The molecule has 38 heavy (non-hydrogen) atoms. The molecule has 1 amide bonds. The Labute approximate surface area is 212 Å². The number of anilines is 1. The molecule has 1 aromatic carbocycles. The SMILES string of the molecule is O=C(O)CCP(=O)(O)OP(=O)(O)OC[C@H]1O[C@@H](n2ccc(=O)[nH]c2=O)C(OC(=O)Nc2ccccc2)[C@H]1O. The molecule has 6 N–H and O–H groups in total. The Morgan fingerprint density at radius 3 is 2.45 bits per heavy atom. The summed E-state index contributed by atoms with van der Waals surface area (Å²) in [5.41, 5.74) is -1.42. The number of amides is 1. The van der Waals surface area contributed by atoms with Crippen LogP contribution >= 0.6 is 15.4 Å². The van der Waals surface area contributed by atoms with Gasteiger partial charge in [-0.1, -0.05) is 18.2 Å². The molecule has 1 saturated heterocycles. The van der Waals surface area contributed by atoms with Crippen LogP contribution in [0.2, 0.25) is 0 Å². The predicted molar refractivity (Wildman–Crippen MR) is 125 cm³/mol. The minimum atomic E-state index is -5.29. The molecular formula is C19H23N3O14P2. The van der Waals surface area contributed by atoms with E-state index in [0.717, 1.165) is 16.8 Å². The van der Waals surface area contributed by atoms with Gasteiger partial charge in [0.1, 0.15) is 12.2 Å². The third-order valence-electron chi connectivity index (χ3n) is 4.94. The van der Waals surface area contributed by atoms with Gasteiger partial charge in [-0.05, 0) is 12.1 Å². The number of hydrogen-bond acceptors (Lipinski definition) is 11. The summed E-state index contributed by atoms with van der Waals surface area (Å²) in [6.07, 6.45) is -8.40. The molecule has 17 nitrogen and oxygen atoms in total. The summed E-state index contributed by atoms with van der Waals surface area (Å²) >= 11 is 0. The molecule has 0 spiro atoms. The number of aliphatic carboxylic acids is 1. The predicted octanol–water partition coefficient (Wildman–Crippen LogP) is 0.206. The van der Waals surface area contributed by atoms with Gasteiger partial charge >= 0.3 is 33.2 Å². The van der Waals surface area contributed by atoms with Crippen molar-refractivity contribution in [2.75, 3.05) is 18.1 Å². The number of aromatic nitrogens is 2. The lowest BCUT2D eigenvalue weighted by atomic mass is 10.1. The molecule has 1 aliphatic rings. The quantitative estimate of drug-likeness (QED) is 0.195. The number of carboxylic acid groups (broad SMARTS) is 1. The van der Waals surface area contributed by atoms with E-state index >= 15 is 0 Å². The Hall–Kier alpha value is -3.14. The summed E-state index contributed by atoms with van der Waals surface area (Å²) in [4.78, 5) is 68.1. The molecule has 2 aromatic rings. The number of benzene rings is 1. The highest BCUT2D eigenvalue weighted by molar-refractivity contribution is 7.64. The average molecular weight is 579 g/mol. The van der Waals surface area contributed by atoms with E-state index in [0.29, 0.717) is 5.69 Å². The first-order valence-electron chi connectivity index (χ1n) is 10.7. The van der Waals surface area contributed by atoms with Gasteiger partial charge in [-0.25, -0.2) is 18.5 Å². The zero-order valence-corrected chi connectivity index (χ0v) is 21.0. The molecule has 0 bridgehead atoms. The van der Waals surface area contributed by atoms with Crippen LogP contribution in [-0.2, 0) is 32.2 Å².